The summed E-state index contributed by atoms with van der Waals surface area (Å²) in [5, 5.41) is 8.73. The Labute approximate surface area is 93.9 Å². The zero-order valence-electron chi connectivity index (χ0n) is 9.26. The highest BCUT2D eigenvalue weighted by Gasteiger charge is 2.46. The molecule has 1 fully saturated rings. The van der Waals surface area contributed by atoms with Crippen LogP contribution in [0.3, 0.4) is 0 Å². The molecule has 0 spiro atoms. The Morgan fingerprint density at radius 3 is 2.73 bits per heavy atom. The number of amides is 2. The number of hydrogen-bond acceptors (Lipinski definition) is 2. The molecule has 1 saturated carbocycles. The molecule has 1 aliphatic carbocycles. The Bertz CT molecular complexity index is 384. The molecule has 0 aromatic carbocycles. The molecule has 2 rings (SSSR count). The average molecular weight is 224 g/mol. The monoisotopic (exact) mass is 224 g/mol. The number of carbonyl (C=O) groups is 1. The van der Waals surface area contributed by atoms with Gasteiger partial charge in [0.05, 0.1) is 5.00 Å². The minimum absolute atomic E-state index is 0.0903. The van der Waals surface area contributed by atoms with E-state index in [9.17, 15) is 4.79 Å². The predicted molar refractivity (Wildman–Crippen MR) is 63.4 cm³/mol. The van der Waals surface area contributed by atoms with E-state index < -0.39 is 0 Å². The first-order chi connectivity index (χ1) is 6.97. The number of hydrogen-bond donors (Lipinski definition) is 2. The first kappa shape index (κ1) is 10.5. The van der Waals surface area contributed by atoms with Crippen LogP contribution < -0.4 is 10.6 Å². The first-order valence-electron chi connectivity index (χ1n) is 5.10. The van der Waals surface area contributed by atoms with Crippen LogP contribution >= 0.6 is 11.3 Å². The summed E-state index contributed by atoms with van der Waals surface area (Å²) < 4.78 is 0. The molecule has 2 amide bonds. The molecule has 1 aromatic rings. The summed E-state index contributed by atoms with van der Waals surface area (Å²) in [4.78, 5) is 11.5. The molecule has 1 aromatic heterocycles. The second-order valence-corrected chi connectivity index (χ2v) is 5.74. The van der Waals surface area contributed by atoms with Crippen LogP contribution in [0.4, 0.5) is 9.80 Å². The highest BCUT2D eigenvalue weighted by atomic mass is 32.1. The van der Waals surface area contributed by atoms with Crippen molar-refractivity contribution in [3.63, 3.8) is 0 Å². The van der Waals surface area contributed by atoms with Crippen LogP contribution in [0.25, 0.3) is 0 Å². The van der Waals surface area contributed by atoms with Gasteiger partial charge < -0.3 is 5.32 Å². The van der Waals surface area contributed by atoms with Crippen molar-refractivity contribution >= 4 is 22.4 Å². The van der Waals surface area contributed by atoms with Gasteiger partial charge in [0.2, 0.25) is 0 Å². The Balaban J connectivity index is 1.83. The van der Waals surface area contributed by atoms with Gasteiger partial charge in [0.25, 0.3) is 0 Å². The maximum absolute atomic E-state index is 11.5. The van der Waals surface area contributed by atoms with Crippen molar-refractivity contribution in [1.29, 1.82) is 0 Å². The molecule has 3 nitrogen and oxygen atoms in total. The van der Waals surface area contributed by atoms with Crippen LogP contribution in [0.1, 0.15) is 25.8 Å². The van der Waals surface area contributed by atoms with Crippen molar-refractivity contribution in [3.8, 4) is 0 Å². The lowest BCUT2D eigenvalue weighted by Gasteiger charge is -2.06. The van der Waals surface area contributed by atoms with Crippen molar-refractivity contribution in [2.75, 3.05) is 5.32 Å². The third-order valence-corrected chi connectivity index (χ3v) is 3.75. The topological polar surface area (TPSA) is 41.1 Å². The molecule has 0 radical (unpaired) electrons. The average Bonchev–Trinajstić information content (AvgIpc) is 2.54. The predicted octanol–water partition coefficient (Wildman–Crippen LogP) is 2.98. The molecular formula is C11H16N2OS. The Hall–Kier alpha value is -1.03. The fourth-order valence-corrected chi connectivity index (χ4v) is 2.30. The molecule has 1 atom stereocenters. The summed E-state index contributed by atoms with van der Waals surface area (Å²) in [5.74, 6) is 0. The normalized spacial score (nSPS) is 22.2. The molecule has 1 heterocycles. The number of urea groups is 1. The van der Waals surface area contributed by atoms with E-state index in [0.717, 1.165) is 11.4 Å². The summed E-state index contributed by atoms with van der Waals surface area (Å²) in [5.41, 5.74) is 1.46. The SMILES string of the molecule is Cc1csc(NC(=O)NC2CC2(C)C)c1. The second kappa shape index (κ2) is 3.52. The summed E-state index contributed by atoms with van der Waals surface area (Å²) in [6.07, 6.45) is 1.07. The van der Waals surface area contributed by atoms with Crippen LogP contribution in [0, 0.1) is 12.3 Å². The number of aryl methyl sites for hydroxylation is 1. The number of anilines is 1. The van der Waals surface area contributed by atoms with E-state index in [1.807, 2.05) is 18.4 Å². The van der Waals surface area contributed by atoms with Crippen LogP contribution in [0.5, 0.6) is 0 Å². The summed E-state index contributed by atoms with van der Waals surface area (Å²) in [6.45, 7) is 6.34. The molecule has 4 heteroatoms. The van der Waals surface area contributed by atoms with Gasteiger partial charge >= 0.3 is 6.03 Å². The number of nitrogens with one attached hydrogen (secondary N) is 2. The fraction of sp³-hybridized carbons (Fsp3) is 0.545. The van der Waals surface area contributed by atoms with Crippen molar-refractivity contribution in [1.82, 2.24) is 5.32 Å². The van der Waals surface area contributed by atoms with E-state index in [-0.39, 0.29) is 11.4 Å². The van der Waals surface area contributed by atoms with E-state index in [1.165, 1.54) is 5.56 Å². The standard InChI is InChI=1S/C11H16N2OS/c1-7-4-9(15-6-7)13-10(14)12-8-5-11(8,2)3/h4,6,8H,5H2,1-3H3,(H2,12,13,14). The van der Waals surface area contributed by atoms with Gasteiger partial charge in [-0.1, -0.05) is 13.8 Å². The van der Waals surface area contributed by atoms with Crippen LogP contribution in [0.15, 0.2) is 11.4 Å². The van der Waals surface area contributed by atoms with Gasteiger partial charge in [0.1, 0.15) is 0 Å². The zero-order valence-corrected chi connectivity index (χ0v) is 10.1. The van der Waals surface area contributed by atoms with E-state index in [0.29, 0.717) is 6.04 Å². The lowest BCUT2D eigenvalue weighted by molar-refractivity contribution is 0.250. The molecule has 0 saturated heterocycles. The number of thiophene rings is 1. The minimum atomic E-state index is -0.0903. The fourth-order valence-electron chi connectivity index (χ4n) is 1.52. The van der Waals surface area contributed by atoms with E-state index in [4.69, 9.17) is 0 Å². The molecule has 0 aliphatic heterocycles. The summed E-state index contributed by atoms with van der Waals surface area (Å²) in [6, 6.07) is 2.22. The smallest absolute Gasteiger partial charge is 0.320 e. The van der Waals surface area contributed by atoms with Gasteiger partial charge in [-0.05, 0) is 35.8 Å². The van der Waals surface area contributed by atoms with Gasteiger partial charge in [-0.25, -0.2) is 4.79 Å². The summed E-state index contributed by atoms with van der Waals surface area (Å²) >= 11 is 1.55. The Morgan fingerprint density at radius 1 is 1.60 bits per heavy atom. The molecule has 1 aliphatic rings. The van der Waals surface area contributed by atoms with Gasteiger partial charge in [-0.2, -0.15) is 0 Å². The molecule has 2 N–H and O–H groups in total. The Kier molecular flexibility index (Phi) is 2.46. The Morgan fingerprint density at radius 2 is 2.27 bits per heavy atom. The quantitative estimate of drug-likeness (QED) is 0.796. The van der Waals surface area contributed by atoms with E-state index in [1.54, 1.807) is 11.3 Å². The lowest BCUT2D eigenvalue weighted by atomic mass is 10.2. The maximum atomic E-state index is 11.5. The van der Waals surface area contributed by atoms with Gasteiger partial charge in [-0.15, -0.1) is 11.3 Å². The molecule has 0 bridgehead atoms. The van der Waals surface area contributed by atoms with Crippen molar-refractivity contribution < 1.29 is 4.79 Å². The van der Waals surface area contributed by atoms with Gasteiger partial charge in [0.15, 0.2) is 0 Å². The maximum Gasteiger partial charge on any atom is 0.320 e. The molecule has 1 unspecified atom stereocenters. The van der Waals surface area contributed by atoms with E-state index in [2.05, 4.69) is 24.5 Å². The van der Waals surface area contributed by atoms with Crippen molar-refractivity contribution in [2.24, 2.45) is 5.41 Å². The van der Waals surface area contributed by atoms with Crippen LogP contribution in [-0.2, 0) is 0 Å². The van der Waals surface area contributed by atoms with Crippen LogP contribution in [0.2, 0.25) is 0 Å². The third-order valence-electron chi connectivity index (χ3n) is 2.79. The number of rotatable bonds is 2. The van der Waals surface area contributed by atoms with Gasteiger partial charge in [-0.3, -0.25) is 5.32 Å². The van der Waals surface area contributed by atoms with Crippen molar-refractivity contribution in [2.45, 2.75) is 33.2 Å². The largest absolute Gasteiger partial charge is 0.335 e. The number of carbonyl (C=O) groups excluding carboxylic acids is 1. The highest BCUT2D eigenvalue weighted by Crippen LogP contribution is 2.44. The third kappa shape index (κ3) is 2.50. The molecule has 82 valence electrons. The van der Waals surface area contributed by atoms with Gasteiger partial charge in [0, 0.05) is 6.04 Å². The lowest BCUT2D eigenvalue weighted by Crippen LogP contribution is -2.32. The first-order valence-corrected chi connectivity index (χ1v) is 5.98. The minimum Gasteiger partial charge on any atom is -0.335 e. The summed E-state index contributed by atoms with van der Waals surface area (Å²) in [7, 11) is 0. The molecular weight excluding hydrogens is 208 g/mol. The molecule has 15 heavy (non-hydrogen) atoms. The second-order valence-electron chi connectivity index (χ2n) is 4.83. The van der Waals surface area contributed by atoms with Crippen molar-refractivity contribution in [3.05, 3.63) is 17.0 Å². The van der Waals surface area contributed by atoms with Crippen LogP contribution in [-0.4, -0.2) is 12.1 Å². The van der Waals surface area contributed by atoms with E-state index >= 15 is 0 Å². The zero-order chi connectivity index (χ0) is 11.1. The highest BCUT2D eigenvalue weighted by molar-refractivity contribution is 7.14.